The molecule has 1 aromatic heterocycles. The van der Waals surface area contributed by atoms with Gasteiger partial charge in [0.25, 0.3) is 0 Å². The molecule has 1 saturated carbocycles. The fourth-order valence-corrected chi connectivity index (χ4v) is 2.98. The minimum atomic E-state index is -0.320. The van der Waals surface area contributed by atoms with Crippen LogP contribution in [0.2, 0.25) is 0 Å². The standard InChI is InChI=1S/C15H27N3O2/c1-3-7-15-16-14(17-20-15)11-18(10-12(2)19)13-8-5-4-6-9-13/h12-13,19H,3-11H2,1-2H3. The Morgan fingerprint density at radius 2 is 2.10 bits per heavy atom. The third-order valence-corrected chi connectivity index (χ3v) is 3.91. The molecule has 20 heavy (non-hydrogen) atoms. The molecule has 0 saturated heterocycles. The summed E-state index contributed by atoms with van der Waals surface area (Å²) in [5.74, 6) is 1.47. The van der Waals surface area contributed by atoms with Crippen molar-refractivity contribution in [2.45, 2.75) is 77.5 Å². The van der Waals surface area contributed by atoms with E-state index in [4.69, 9.17) is 4.52 Å². The molecule has 1 atom stereocenters. The lowest BCUT2D eigenvalue weighted by atomic mass is 9.94. The summed E-state index contributed by atoms with van der Waals surface area (Å²) in [4.78, 5) is 6.76. The van der Waals surface area contributed by atoms with Crippen LogP contribution in [-0.4, -0.2) is 38.8 Å². The lowest BCUT2D eigenvalue weighted by Gasteiger charge is -2.34. The van der Waals surface area contributed by atoms with Crippen molar-refractivity contribution in [3.63, 3.8) is 0 Å². The van der Waals surface area contributed by atoms with Gasteiger partial charge in [-0.25, -0.2) is 0 Å². The van der Waals surface area contributed by atoms with Crippen LogP contribution in [0.3, 0.4) is 0 Å². The van der Waals surface area contributed by atoms with Gasteiger partial charge in [0.2, 0.25) is 5.89 Å². The molecule has 1 heterocycles. The summed E-state index contributed by atoms with van der Waals surface area (Å²) >= 11 is 0. The van der Waals surface area contributed by atoms with Gasteiger partial charge in [-0.05, 0) is 26.2 Å². The summed E-state index contributed by atoms with van der Waals surface area (Å²) in [5, 5.41) is 13.8. The third-order valence-electron chi connectivity index (χ3n) is 3.91. The van der Waals surface area contributed by atoms with E-state index in [9.17, 15) is 5.11 Å². The molecule has 1 unspecified atom stereocenters. The van der Waals surface area contributed by atoms with Crippen molar-refractivity contribution in [1.29, 1.82) is 0 Å². The molecule has 1 aliphatic carbocycles. The summed E-state index contributed by atoms with van der Waals surface area (Å²) in [5.41, 5.74) is 0. The van der Waals surface area contributed by atoms with Crippen molar-refractivity contribution in [2.24, 2.45) is 0 Å². The molecule has 5 nitrogen and oxygen atoms in total. The second-order valence-corrected chi connectivity index (χ2v) is 5.92. The number of aliphatic hydroxyl groups is 1. The lowest BCUT2D eigenvalue weighted by Crippen LogP contribution is -2.40. The maximum absolute atomic E-state index is 9.71. The van der Waals surface area contributed by atoms with E-state index in [1.165, 1.54) is 32.1 Å². The molecule has 1 N–H and O–H groups in total. The zero-order valence-electron chi connectivity index (χ0n) is 12.7. The predicted octanol–water partition coefficient (Wildman–Crippen LogP) is 2.54. The van der Waals surface area contributed by atoms with Gasteiger partial charge in [-0.2, -0.15) is 4.98 Å². The monoisotopic (exact) mass is 281 g/mol. The van der Waals surface area contributed by atoms with Crippen LogP contribution in [0.1, 0.15) is 64.1 Å². The Bertz CT molecular complexity index is 386. The highest BCUT2D eigenvalue weighted by molar-refractivity contribution is 4.89. The van der Waals surface area contributed by atoms with Gasteiger partial charge in [0, 0.05) is 19.0 Å². The summed E-state index contributed by atoms with van der Waals surface area (Å²) in [6, 6.07) is 0.548. The quantitative estimate of drug-likeness (QED) is 0.832. The van der Waals surface area contributed by atoms with Gasteiger partial charge in [-0.3, -0.25) is 4.90 Å². The number of nitrogens with zero attached hydrogens (tertiary/aromatic N) is 3. The van der Waals surface area contributed by atoms with Crippen molar-refractivity contribution in [3.05, 3.63) is 11.7 Å². The Labute approximate surface area is 121 Å². The Kier molecular flexibility index (Phi) is 5.98. The number of hydrogen-bond acceptors (Lipinski definition) is 5. The SMILES string of the molecule is CCCc1nc(CN(CC(C)O)C2CCCCC2)no1. The maximum Gasteiger partial charge on any atom is 0.226 e. The smallest absolute Gasteiger partial charge is 0.226 e. The average molecular weight is 281 g/mol. The van der Waals surface area contributed by atoms with Gasteiger partial charge >= 0.3 is 0 Å². The van der Waals surface area contributed by atoms with Crippen LogP contribution in [0, 0.1) is 0 Å². The van der Waals surface area contributed by atoms with Crippen LogP contribution in [0.25, 0.3) is 0 Å². The Balaban J connectivity index is 1.97. The molecule has 0 aliphatic heterocycles. The van der Waals surface area contributed by atoms with E-state index in [0.29, 0.717) is 19.1 Å². The first-order valence-electron chi connectivity index (χ1n) is 7.92. The second-order valence-electron chi connectivity index (χ2n) is 5.92. The number of aliphatic hydroxyl groups excluding tert-OH is 1. The van der Waals surface area contributed by atoms with E-state index in [1.54, 1.807) is 0 Å². The van der Waals surface area contributed by atoms with E-state index in [-0.39, 0.29) is 6.10 Å². The summed E-state index contributed by atoms with van der Waals surface area (Å²) in [6.45, 7) is 5.31. The summed E-state index contributed by atoms with van der Waals surface area (Å²) < 4.78 is 5.25. The molecule has 0 radical (unpaired) electrons. The minimum Gasteiger partial charge on any atom is -0.392 e. The van der Waals surface area contributed by atoms with Crippen LogP contribution in [-0.2, 0) is 13.0 Å². The van der Waals surface area contributed by atoms with Crippen LogP contribution in [0.15, 0.2) is 4.52 Å². The molecule has 1 aromatic rings. The Morgan fingerprint density at radius 3 is 2.75 bits per heavy atom. The maximum atomic E-state index is 9.71. The zero-order chi connectivity index (χ0) is 14.4. The molecule has 5 heteroatoms. The Morgan fingerprint density at radius 1 is 1.35 bits per heavy atom. The van der Waals surface area contributed by atoms with Crippen molar-refractivity contribution in [2.75, 3.05) is 6.54 Å². The number of aromatic nitrogens is 2. The zero-order valence-corrected chi connectivity index (χ0v) is 12.7. The van der Waals surface area contributed by atoms with Gasteiger partial charge in [0.15, 0.2) is 5.82 Å². The van der Waals surface area contributed by atoms with Gasteiger partial charge in [0.1, 0.15) is 0 Å². The normalized spacial score (nSPS) is 18.6. The van der Waals surface area contributed by atoms with E-state index < -0.39 is 0 Å². The largest absolute Gasteiger partial charge is 0.392 e. The number of hydrogen-bond donors (Lipinski definition) is 1. The molecule has 0 spiro atoms. The molecular formula is C15H27N3O2. The highest BCUT2D eigenvalue weighted by Crippen LogP contribution is 2.24. The molecule has 1 aliphatic rings. The molecule has 0 aromatic carbocycles. The number of aryl methyl sites for hydroxylation is 1. The Hall–Kier alpha value is -0.940. The van der Waals surface area contributed by atoms with Crippen LogP contribution < -0.4 is 0 Å². The topological polar surface area (TPSA) is 62.4 Å². The molecular weight excluding hydrogens is 254 g/mol. The second kappa shape index (κ2) is 7.74. The van der Waals surface area contributed by atoms with E-state index >= 15 is 0 Å². The van der Waals surface area contributed by atoms with Crippen molar-refractivity contribution < 1.29 is 9.63 Å². The third kappa shape index (κ3) is 4.56. The van der Waals surface area contributed by atoms with Crippen molar-refractivity contribution >= 4 is 0 Å². The molecule has 1 fully saturated rings. The first kappa shape index (κ1) is 15.4. The molecule has 0 amide bonds. The lowest BCUT2D eigenvalue weighted by molar-refractivity contribution is 0.0744. The fourth-order valence-electron chi connectivity index (χ4n) is 2.98. The molecule has 2 rings (SSSR count). The first-order chi connectivity index (χ1) is 9.69. The minimum absolute atomic E-state index is 0.320. The van der Waals surface area contributed by atoms with Crippen LogP contribution in [0.5, 0.6) is 0 Å². The van der Waals surface area contributed by atoms with E-state index in [1.807, 2.05) is 6.92 Å². The highest BCUT2D eigenvalue weighted by atomic mass is 16.5. The van der Waals surface area contributed by atoms with Crippen molar-refractivity contribution in [1.82, 2.24) is 15.0 Å². The molecule has 0 bridgehead atoms. The first-order valence-corrected chi connectivity index (χ1v) is 7.92. The van der Waals surface area contributed by atoms with Crippen molar-refractivity contribution in [3.8, 4) is 0 Å². The van der Waals surface area contributed by atoms with Crippen LogP contribution in [0.4, 0.5) is 0 Å². The summed E-state index contributed by atoms with van der Waals surface area (Å²) in [7, 11) is 0. The van der Waals surface area contributed by atoms with Gasteiger partial charge in [-0.15, -0.1) is 0 Å². The predicted molar refractivity (Wildman–Crippen MR) is 77.3 cm³/mol. The summed E-state index contributed by atoms with van der Waals surface area (Å²) in [6.07, 6.45) is 7.87. The fraction of sp³-hybridized carbons (Fsp3) is 0.867. The van der Waals surface area contributed by atoms with Gasteiger partial charge in [0.05, 0.1) is 12.6 Å². The molecule has 114 valence electrons. The highest BCUT2D eigenvalue weighted by Gasteiger charge is 2.23. The van der Waals surface area contributed by atoms with Gasteiger partial charge in [-0.1, -0.05) is 31.3 Å². The van der Waals surface area contributed by atoms with Gasteiger partial charge < -0.3 is 9.63 Å². The number of rotatable bonds is 7. The van der Waals surface area contributed by atoms with Crippen LogP contribution >= 0.6 is 0 Å². The average Bonchev–Trinajstić information content (AvgIpc) is 2.86. The van der Waals surface area contributed by atoms with E-state index in [2.05, 4.69) is 22.0 Å². The van der Waals surface area contributed by atoms with E-state index in [0.717, 1.165) is 24.6 Å².